The molecule has 1 aliphatic heterocycles. The number of nitrogens with one attached hydrogen (secondary N) is 1. The minimum absolute atomic E-state index is 0.0197. The number of nitrogens with zero attached hydrogens (tertiary/aromatic N) is 2. The molecule has 1 fully saturated rings. The van der Waals surface area contributed by atoms with Crippen LogP contribution in [-0.4, -0.2) is 37.1 Å². The third-order valence-corrected chi connectivity index (χ3v) is 5.05. The van der Waals surface area contributed by atoms with Gasteiger partial charge in [-0.2, -0.15) is 0 Å². The van der Waals surface area contributed by atoms with Gasteiger partial charge in [-0.15, -0.1) is 0 Å². The van der Waals surface area contributed by atoms with Gasteiger partial charge in [-0.3, -0.25) is 0 Å². The predicted octanol–water partition coefficient (Wildman–Crippen LogP) is 4.42. The third kappa shape index (κ3) is 3.73. The number of benzene rings is 2. The number of piperazine rings is 1. The molecular weight excluding hydrogens is 366 g/mol. The molecule has 0 bridgehead atoms. The molecule has 0 aliphatic carbocycles. The van der Waals surface area contributed by atoms with E-state index < -0.39 is 0 Å². The Morgan fingerprint density at radius 3 is 2.42 bits per heavy atom. The fraction of sp³-hybridized carbons (Fsp3) is 0.316. The van der Waals surface area contributed by atoms with E-state index in [0.717, 1.165) is 41.9 Å². The second-order valence-corrected chi connectivity index (χ2v) is 7.03. The molecule has 0 atom stereocenters. The molecule has 1 saturated heterocycles. The lowest BCUT2D eigenvalue weighted by atomic mass is 10.1. The fourth-order valence-electron chi connectivity index (χ4n) is 3.01. The highest BCUT2D eigenvalue weighted by atomic mass is 79.9. The summed E-state index contributed by atoms with van der Waals surface area (Å²) in [5.41, 5.74) is 4.37. The summed E-state index contributed by atoms with van der Waals surface area (Å²) in [7, 11) is 0. The Kier molecular flexibility index (Phi) is 5.09. The summed E-state index contributed by atoms with van der Waals surface area (Å²) in [5, 5.41) is 3.03. The fourth-order valence-corrected chi connectivity index (χ4v) is 3.54. The van der Waals surface area contributed by atoms with Crippen molar-refractivity contribution in [3.8, 4) is 0 Å². The zero-order valence-corrected chi connectivity index (χ0v) is 15.6. The molecule has 0 unspecified atom stereocenters. The van der Waals surface area contributed by atoms with E-state index in [1.54, 1.807) is 0 Å². The molecule has 1 aliphatic rings. The molecule has 2 amide bonds. The molecule has 2 aromatic carbocycles. The monoisotopic (exact) mass is 387 g/mol. The number of anilines is 2. The molecule has 0 aromatic heterocycles. The number of para-hydroxylation sites is 1. The molecule has 0 radical (unpaired) electrons. The number of urea groups is 1. The second-order valence-electron chi connectivity index (χ2n) is 6.17. The van der Waals surface area contributed by atoms with Gasteiger partial charge in [0.15, 0.2) is 0 Å². The maximum Gasteiger partial charge on any atom is 0.321 e. The Balaban J connectivity index is 1.60. The summed E-state index contributed by atoms with van der Waals surface area (Å²) < 4.78 is 1.10. The van der Waals surface area contributed by atoms with Gasteiger partial charge in [0.1, 0.15) is 0 Å². The lowest BCUT2D eigenvalue weighted by Crippen LogP contribution is -2.50. The Bertz CT molecular complexity index is 739. The first-order valence-electron chi connectivity index (χ1n) is 8.17. The van der Waals surface area contributed by atoms with Crippen LogP contribution in [-0.2, 0) is 0 Å². The lowest BCUT2D eigenvalue weighted by molar-refractivity contribution is 0.208. The second kappa shape index (κ2) is 7.26. The van der Waals surface area contributed by atoms with E-state index in [1.807, 2.05) is 36.1 Å². The largest absolute Gasteiger partial charge is 0.367 e. The van der Waals surface area contributed by atoms with Crippen LogP contribution < -0.4 is 10.2 Å². The van der Waals surface area contributed by atoms with Gasteiger partial charge in [0.2, 0.25) is 0 Å². The van der Waals surface area contributed by atoms with Crippen molar-refractivity contribution in [2.24, 2.45) is 0 Å². The van der Waals surface area contributed by atoms with Crippen molar-refractivity contribution in [2.75, 3.05) is 36.4 Å². The predicted molar refractivity (Wildman–Crippen MR) is 103 cm³/mol. The average molecular weight is 388 g/mol. The van der Waals surface area contributed by atoms with E-state index in [2.05, 4.69) is 51.3 Å². The Labute approximate surface area is 151 Å². The molecule has 3 rings (SSSR count). The number of aryl methyl sites for hydroxylation is 2. The first-order chi connectivity index (χ1) is 11.5. The van der Waals surface area contributed by atoms with Crippen LogP contribution in [0.4, 0.5) is 16.2 Å². The highest BCUT2D eigenvalue weighted by Crippen LogP contribution is 2.26. The van der Waals surface area contributed by atoms with Gasteiger partial charge in [0, 0.05) is 36.3 Å². The number of hydrogen-bond donors (Lipinski definition) is 1. The summed E-state index contributed by atoms with van der Waals surface area (Å²) in [5.74, 6) is 0. The van der Waals surface area contributed by atoms with Crippen LogP contribution in [0.15, 0.2) is 46.9 Å². The minimum Gasteiger partial charge on any atom is -0.367 e. The Morgan fingerprint density at radius 2 is 1.75 bits per heavy atom. The number of carbonyl (C=O) groups is 1. The van der Waals surface area contributed by atoms with E-state index in [4.69, 9.17) is 0 Å². The summed E-state index contributed by atoms with van der Waals surface area (Å²) in [6.07, 6.45) is 0. The van der Waals surface area contributed by atoms with Gasteiger partial charge in [-0.25, -0.2) is 4.79 Å². The van der Waals surface area contributed by atoms with E-state index >= 15 is 0 Å². The normalized spacial score (nSPS) is 14.6. The van der Waals surface area contributed by atoms with Gasteiger partial charge in [-0.05, 0) is 53.5 Å². The molecule has 0 spiro atoms. The SMILES string of the molecule is Cc1ccc(NC(=O)N2CCN(c3ccccc3Br)CC2)c(C)c1. The van der Waals surface area contributed by atoms with Crippen molar-refractivity contribution in [2.45, 2.75) is 13.8 Å². The van der Waals surface area contributed by atoms with Crippen molar-refractivity contribution in [1.82, 2.24) is 4.90 Å². The highest BCUT2D eigenvalue weighted by Gasteiger charge is 2.22. The zero-order chi connectivity index (χ0) is 17.1. The molecule has 1 N–H and O–H groups in total. The van der Waals surface area contributed by atoms with E-state index in [0.29, 0.717) is 0 Å². The number of rotatable bonds is 2. The topological polar surface area (TPSA) is 35.6 Å². The summed E-state index contributed by atoms with van der Waals surface area (Å²) in [6, 6.07) is 14.3. The minimum atomic E-state index is -0.0197. The lowest BCUT2D eigenvalue weighted by Gasteiger charge is -2.36. The van der Waals surface area contributed by atoms with Gasteiger partial charge in [0.25, 0.3) is 0 Å². The van der Waals surface area contributed by atoms with Crippen LogP contribution in [0.25, 0.3) is 0 Å². The molecule has 4 nitrogen and oxygen atoms in total. The van der Waals surface area contributed by atoms with Crippen molar-refractivity contribution < 1.29 is 4.79 Å². The molecule has 5 heteroatoms. The molecule has 1 heterocycles. The maximum atomic E-state index is 12.5. The third-order valence-electron chi connectivity index (χ3n) is 4.38. The molecule has 0 saturated carbocycles. The van der Waals surface area contributed by atoms with Crippen LogP contribution in [0.5, 0.6) is 0 Å². The van der Waals surface area contributed by atoms with Gasteiger partial charge in [0.05, 0.1) is 5.69 Å². The van der Waals surface area contributed by atoms with Crippen LogP contribution in [0, 0.1) is 13.8 Å². The van der Waals surface area contributed by atoms with Crippen molar-refractivity contribution in [3.63, 3.8) is 0 Å². The van der Waals surface area contributed by atoms with Crippen molar-refractivity contribution >= 4 is 33.3 Å². The van der Waals surface area contributed by atoms with Crippen molar-refractivity contribution in [3.05, 3.63) is 58.1 Å². The van der Waals surface area contributed by atoms with Crippen molar-refractivity contribution in [1.29, 1.82) is 0 Å². The van der Waals surface area contributed by atoms with E-state index in [9.17, 15) is 4.79 Å². The average Bonchev–Trinajstić information content (AvgIpc) is 2.58. The van der Waals surface area contributed by atoms with Gasteiger partial charge in [-0.1, -0.05) is 29.8 Å². The van der Waals surface area contributed by atoms with Gasteiger partial charge < -0.3 is 15.1 Å². The van der Waals surface area contributed by atoms with Crippen LogP contribution in [0.3, 0.4) is 0 Å². The van der Waals surface area contributed by atoms with Crippen LogP contribution in [0.1, 0.15) is 11.1 Å². The summed E-state index contributed by atoms with van der Waals surface area (Å²) in [4.78, 5) is 16.7. The standard InChI is InChI=1S/C19H22BrN3O/c1-14-7-8-17(15(2)13-14)21-19(24)23-11-9-22(10-12-23)18-6-4-3-5-16(18)20/h3-8,13H,9-12H2,1-2H3,(H,21,24). The Hall–Kier alpha value is -2.01. The first-order valence-corrected chi connectivity index (χ1v) is 8.96. The van der Waals surface area contributed by atoms with E-state index in [1.165, 1.54) is 11.3 Å². The quantitative estimate of drug-likeness (QED) is 0.827. The summed E-state index contributed by atoms with van der Waals surface area (Å²) in [6.45, 7) is 7.19. The summed E-state index contributed by atoms with van der Waals surface area (Å²) >= 11 is 3.60. The highest BCUT2D eigenvalue weighted by molar-refractivity contribution is 9.10. The number of amides is 2. The first kappa shape index (κ1) is 16.8. The van der Waals surface area contributed by atoms with Gasteiger partial charge >= 0.3 is 6.03 Å². The number of hydrogen-bond acceptors (Lipinski definition) is 2. The molecule has 24 heavy (non-hydrogen) atoms. The number of carbonyl (C=O) groups excluding carboxylic acids is 1. The Morgan fingerprint density at radius 1 is 1.04 bits per heavy atom. The van der Waals surface area contributed by atoms with Crippen LogP contribution in [0.2, 0.25) is 0 Å². The zero-order valence-electron chi connectivity index (χ0n) is 14.1. The van der Waals surface area contributed by atoms with Crippen LogP contribution >= 0.6 is 15.9 Å². The molecular formula is C19H22BrN3O. The smallest absolute Gasteiger partial charge is 0.321 e. The van der Waals surface area contributed by atoms with E-state index in [-0.39, 0.29) is 6.03 Å². The maximum absolute atomic E-state index is 12.5. The number of halogens is 1. The molecule has 2 aromatic rings. The molecule has 126 valence electrons.